The topological polar surface area (TPSA) is 46.6 Å². The maximum absolute atomic E-state index is 12.7. The monoisotopic (exact) mass is 443 g/mol. The second-order valence-electron chi connectivity index (χ2n) is 8.91. The van der Waals surface area contributed by atoms with Gasteiger partial charge in [-0.1, -0.05) is 81.0 Å². The molecule has 0 radical (unpaired) electrons. The van der Waals surface area contributed by atoms with Crippen LogP contribution < -0.4 is 0 Å². The minimum atomic E-state index is -3.55. The molecule has 2 aromatic carbocycles. The van der Waals surface area contributed by atoms with E-state index in [9.17, 15) is 8.42 Å². The molecule has 4 nitrogen and oxygen atoms in total. The third-order valence-electron chi connectivity index (χ3n) is 5.30. The molecule has 6 heteroatoms. The Kier molecular flexibility index (Phi) is 7.85. The van der Waals surface area contributed by atoms with Crippen LogP contribution in [-0.4, -0.2) is 28.3 Å². The van der Waals surface area contributed by atoms with E-state index in [2.05, 4.69) is 33.9 Å². The minimum Gasteiger partial charge on any atom is -0.320 e. The van der Waals surface area contributed by atoms with Crippen LogP contribution in [0.5, 0.6) is 0 Å². The third kappa shape index (κ3) is 6.97. The van der Waals surface area contributed by atoms with Gasteiger partial charge in [-0.25, -0.2) is 8.42 Å². The van der Waals surface area contributed by atoms with Crippen molar-refractivity contribution in [2.75, 3.05) is 6.54 Å². The van der Waals surface area contributed by atoms with Gasteiger partial charge in [0.1, 0.15) is 0 Å². The van der Waals surface area contributed by atoms with E-state index >= 15 is 0 Å². The Morgan fingerprint density at radius 3 is 2.17 bits per heavy atom. The molecular formula is C24H33NO3SSi. The van der Waals surface area contributed by atoms with Gasteiger partial charge in [0.2, 0.25) is 18.2 Å². The van der Waals surface area contributed by atoms with Crippen molar-refractivity contribution in [2.45, 2.75) is 50.7 Å². The molecule has 0 aliphatic heterocycles. The van der Waals surface area contributed by atoms with E-state index in [0.717, 1.165) is 11.1 Å². The fourth-order valence-electron chi connectivity index (χ4n) is 2.37. The lowest BCUT2D eigenvalue weighted by Gasteiger charge is -2.39. The summed E-state index contributed by atoms with van der Waals surface area (Å²) in [5, 5.41) is 2.86. The Bertz CT molecular complexity index is 973. The van der Waals surface area contributed by atoms with Crippen LogP contribution in [0.2, 0.25) is 18.1 Å². The summed E-state index contributed by atoms with van der Waals surface area (Å²) in [6.45, 7) is 13.1. The lowest BCUT2D eigenvalue weighted by Crippen LogP contribution is -2.45. The number of rotatable bonds is 8. The van der Waals surface area contributed by atoms with Gasteiger partial charge in [-0.15, -0.1) is 0 Å². The molecule has 0 aliphatic rings. The smallest absolute Gasteiger partial charge is 0.228 e. The van der Waals surface area contributed by atoms with Crippen LogP contribution in [0.1, 0.15) is 31.9 Å². The molecule has 0 amide bonds. The van der Waals surface area contributed by atoms with Crippen molar-refractivity contribution in [1.29, 1.82) is 0 Å². The van der Waals surface area contributed by atoms with Crippen LogP contribution in [0.4, 0.5) is 0 Å². The fraction of sp³-hybridized carbons (Fsp3) is 0.333. The van der Waals surface area contributed by atoms with Crippen molar-refractivity contribution in [3.63, 3.8) is 0 Å². The number of hydrogen-bond acceptors (Lipinski definition) is 4. The van der Waals surface area contributed by atoms with Crippen molar-refractivity contribution >= 4 is 24.2 Å². The Labute approximate surface area is 182 Å². The standard InChI is InChI=1S/C24H33NO3SSi/c1-21-14-16-23(17-15-21)29(26,27)20-19-25(28-30(5,6)24(2,3)4)18-10-13-22-11-8-7-9-12-22/h7-17,19-20H,18H2,1-6H3/b13-10+,20-19+. The quantitative estimate of drug-likeness (QED) is 0.360. The Balaban J connectivity index is 2.24. The molecule has 162 valence electrons. The van der Waals surface area contributed by atoms with Gasteiger partial charge in [-0.3, -0.25) is 5.06 Å². The maximum atomic E-state index is 12.7. The van der Waals surface area contributed by atoms with Gasteiger partial charge in [0.15, 0.2) is 0 Å². The first-order valence-electron chi connectivity index (χ1n) is 10.1. The normalized spacial score (nSPS) is 13.3. The molecular weight excluding hydrogens is 410 g/mol. The van der Waals surface area contributed by atoms with Crippen molar-refractivity contribution in [1.82, 2.24) is 5.06 Å². The number of nitrogens with zero attached hydrogens (tertiary/aromatic N) is 1. The van der Waals surface area contributed by atoms with Gasteiger partial charge in [-0.2, -0.15) is 0 Å². The SMILES string of the molecule is Cc1ccc(S(=O)(=O)/C=C/N(C/C=C/c2ccccc2)O[Si](C)(C)C(C)(C)C)cc1. The number of hydrogen-bond donors (Lipinski definition) is 0. The molecule has 0 fully saturated rings. The van der Waals surface area contributed by atoms with Crippen LogP contribution in [-0.2, 0) is 14.4 Å². The summed E-state index contributed by atoms with van der Waals surface area (Å²) in [7, 11) is -5.69. The molecule has 0 aromatic heterocycles. The Morgan fingerprint density at radius 1 is 1.00 bits per heavy atom. The Morgan fingerprint density at radius 2 is 1.60 bits per heavy atom. The predicted octanol–water partition coefficient (Wildman–Crippen LogP) is 6.19. The summed E-state index contributed by atoms with van der Waals surface area (Å²) in [4.78, 5) is 0.274. The molecule has 0 aliphatic carbocycles. The first kappa shape index (κ1) is 24.1. The van der Waals surface area contributed by atoms with E-state index in [0.29, 0.717) is 6.54 Å². The molecule has 2 aromatic rings. The summed E-state index contributed by atoms with van der Waals surface area (Å²) < 4.78 is 31.8. The van der Waals surface area contributed by atoms with E-state index < -0.39 is 18.2 Å². The van der Waals surface area contributed by atoms with Crippen LogP contribution in [0.25, 0.3) is 6.08 Å². The third-order valence-corrected chi connectivity index (χ3v) is 11.0. The average Bonchev–Trinajstić information content (AvgIpc) is 2.66. The Hall–Kier alpha value is -2.15. The second kappa shape index (κ2) is 9.77. The highest BCUT2D eigenvalue weighted by atomic mass is 32.2. The molecule has 30 heavy (non-hydrogen) atoms. The summed E-state index contributed by atoms with van der Waals surface area (Å²) >= 11 is 0. The van der Waals surface area contributed by atoms with Gasteiger partial charge in [0.25, 0.3) is 0 Å². The van der Waals surface area contributed by atoms with Gasteiger partial charge in [0.05, 0.1) is 16.8 Å². The van der Waals surface area contributed by atoms with Gasteiger partial charge >= 0.3 is 0 Å². The fourth-order valence-corrected chi connectivity index (χ4v) is 4.33. The van der Waals surface area contributed by atoms with E-state index in [1.165, 1.54) is 11.6 Å². The molecule has 2 rings (SSSR count). The van der Waals surface area contributed by atoms with Crippen LogP contribution in [0.3, 0.4) is 0 Å². The maximum Gasteiger partial charge on any atom is 0.228 e. The van der Waals surface area contributed by atoms with E-state index in [1.807, 2.05) is 49.4 Å². The van der Waals surface area contributed by atoms with E-state index in [4.69, 9.17) is 4.53 Å². The molecule has 0 N–H and O–H groups in total. The largest absolute Gasteiger partial charge is 0.320 e. The van der Waals surface area contributed by atoms with Crippen molar-refractivity contribution in [3.8, 4) is 0 Å². The molecule has 0 atom stereocenters. The lowest BCUT2D eigenvalue weighted by molar-refractivity contribution is -0.0119. The van der Waals surface area contributed by atoms with Crippen LogP contribution >= 0.6 is 0 Å². The first-order valence-corrected chi connectivity index (χ1v) is 14.5. The van der Waals surface area contributed by atoms with Gasteiger partial charge in [-0.05, 0) is 42.8 Å². The summed E-state index contributed by atoms with van der Waals surface area (Å²) in [6.07, 6.45) is 5.51. The van der Waals surface area contributed by atoms with E-state index in [1.54, 1.807) is 29.3 Å². The number of aryl methyl sites for hydroxylation is 1. The number of hydroxylamine groups is 2. The number of sulfone groups is 1. The summed E-state index contributed by atoms with van der Waals surface area (Å²) in [5.41, 5.74) is 2.10. The predicted molar refractivity (Wildman–Crippen MR) is 128 cm³/mol. The lowest BCUT2D eigenvalue weighted by atomic mass is 10.2. The molecule has 0 saturated heterocycles. The molecule has 0 unspecified atom stereocenters. The number of benzene rings is 2. The van der Waals surface area contributed by atoms with Crippen LogP contribution in [0.15, 0.2) is 77.2 Å². The summed E-state index contributed by atoms with van der Waals surface area (Å²) in [5.74, 6) is 0. The second-order valence-corrected chi connectivity index (χ2v) is 15.4. The van der Waals surface area contributed by atoms with Crippen molar-refractivity contribution in [2.24, 2.45) is 0 Å². The first-order chi connectivity index (χ1) is 13.9. The van der Waals surface area contributed by atoms with Crippen molar-refractivity contribution < 1.29 is 12.9 Å². The summed E-state index contributed by atoms with van der Waals surface area (Å²) in [6, 6.07) is 16.8. The van der Waals surface area contributed by atoms with Gasteiger partial charge in [0, 0.05) is 6.20 Å². The van der Waals surface area contributed by atoms with E-state index in [-0.39, 0.29) is 9.93 Å². The van der Waals surface area contributed by atoms with Crippen molar-refractivity contribution in [3.05, 3.63) is 83.4 Å². The highest BCUT2D eigenvalue weighted by molar-refractivity contribution is 7.94. The average molecular weight is 444 g/mol. The highest BCUT2D eigenvalue weighted by Crippen LogP contribution is 2.37. The minimum absolute atomic E-state index is 0.00192. The molecule has 0 saturated carbocycles. The van der Waals surface area contributed by atoms with Crippen LogP contribution in [0, 0.1) is 6.92 Å². The zero-order valence-corrected chi connectivity index (χ0v) is 20.6. The zero-order chi connectivity index (χ0) is 22.4. The molecule has 0 spiro atoms. The zero-order valence-electron chi connectivity index (χ0n) is 18.8. The molecule has 0 heterocycles. The molecule has 0 bridgehead atoms. The highest BCUT2D eigenvalue weighted by Gasteiger charge is 2.39. The van der Waals surface area contributed by atoms with Gasteiger partial charge < -0.3 is 4.53 Å².